The van der Waals surface area contributed by atoms with Gasteiger partial charge >= 0.3 is 5.97 Å². The number of carbonyl (C=O) groups is 1. The molecule has 126 valence electrons. The summed E-state index contributed by atoms with van der Waals surface area (Å²) in [7, 11) is 0. The highest BCUT2D eigenvalue weighted by molar-refractivity contribution is 5.75. The Bertz CT molecular complexity index is 668. The Balaban J connectivity index is 1.60. The number of benzene rings is 2. The molecule has 0 saturated heterocycles. The molecular weight excluding hydrogens is 303 g/mol. The molecule has 1 aliphatic carbocycles. The first-order valence-corrected chi connectivity index (χ1v) is 8.73. The van der Waals surface area contributed by atoms with Crippen molar-refractivity contribution in [2.75, 3.05) is 0 Å². The van der Waals surface area contributed by atoms with Crippen LogP contribution < -0.4 is 4.74 Å². The summed E-state index contributed by atoms with van der Waals surface area (Å²) in [4.78, 5) is 12.3. The summed E-state index contributed by atoms with van der Waals surface area (Å²) in [5, 5.41) is 0. The largest absolute Gasteiger partial charge is 0.426 e. The summed E-state index contributed by atoms with van der Waals surface area (Å²) in [6, 6.07) is 13.7. The van der Waals surface area contributed by atoms with Crippen LogP contribution in [0, 0.1) is 17.7 Å². The highest BCUT2D eigenvalue weighted by Gasteiger charge is 2.26. The zero-order chi connectivity index (χ0) is 16.9. The third kappa shape index (κ3) is 4.02. The minimum absolute atomic E-state index is 0.0320. The number of rotatable bonds is 4. The summed E-state index contributed by atoms with van der Waals surface area (Å²) in [6.45, 7) is 2.21. The van der Waals surface area contributed by atoms with Crippen molar-refractivity contribution >= 4 is 5.97 Å². The Labute approximate surface area is 142 Å². The number of hydrogen-bond acceptors (Lipinski definition) is 2. The second-order valence-corrected chi connectivity index (χ2v) is 6.58. The molecule has 0 radical (unpaired) electrons. The molecule has 0 aliphatic heterocycles. The van der Waals surface area contributed by atoms with Crippen LogP contribution in [0.2, 0.25) is 0 Å². The van der Waals surface area contributed by atoms with Crippen molar-refractivity contribution in [3.05, 3.63) is 54.3 Å². The van der Waals surface area contributed by atoms with Crippen molar-refractivity contribution in [2.24, 2.45) is 11.8 Å². The SMILES string of the molecule is CCC1CCC(C(=O)Oc2ccc(-c3ccc(F)cc3)cc2)CC1. The minimum Gasteiger partial charge on any atom is -0.426 e. The summed E-state index contributed by atoms with van der Waals surface area (Å²) >= 11 is 0. The second kappa shape index (κ2) is 7.61. The summed E-state index contributed by atoms with van der Waals surface area (Å²) in [5.41, 5.74) is 1.91. The quantitative estimate of drug-likeness (QED) is 0.539. The monoisotopic (exact) mass is 326 g/mol. The maximum Gasteiger partial charge on any atom is 0.314 e. The van der Waals surface area contributed by atoms with Gasteiger partial charge in [-0.2, -0.15) is 0 Å². The van der Waals surface area contributed by atoms with Crippen LogP contribution in [-0.4, -0.2) is 5.97 Å². The van der Waals surface area contributed by atoms with Gasteiger partial charge in [-0.3, -0.25) is 4.79 Å². The van der Waals surface area contributed by atoms with Crippen LogP contribution in [0.5, 0.6) is 5.75 Å². The number of halogens is 1. The molecule has 0 unspecified atom stereocenters. The molecule has 2 aromatic carbocycles. The summed E-state index contributed by atoms with van der Waals surface area (Å²) in [6.07, 6.45) is 5.32. The molecular formula is C21H23FO2. The Morgan fingerprint density at radius 1 is 0.958 bits per heavy atom. The Hall–Kier alpha value is -2.16. The van der Waals surface area contributed by atoms with Gasteiger partial charge in [0.15, 0.2) is 0 Å². The zero-order valence-electron chi connectivity index (χ0n) is 14.0. The van der Waals surface area contributed by atoms with Gasteiger partial charge in [-0.1, -0.05) is 37.6 Å². The molecule has 0 bridgehead atoms. The Kier molecular flexibility index (Phi) is 5.29. The lowest BCUT2D eigenvalue weighted by molar-refractivity contribution is -0.140. The first-order chi connectivity index (χ1) is 11.7. The third-order valence-corrected chi connectivity index (χ3v) is 5.01. The molecule has 2 aromatic rings. The molecule has 1 aliphatic rings. The van der Waals surface area contributed by atoms with E-state index in [2.05, 4.69) is 6.92 Å². The fraction of sp³-hybridized carbons (Fsp3) is 0.381. The predicted octanol–water partition coefficient (Wildman–Crippen LogP) is 5.61. The first kappa shape index (κ1) is 16.7. The van der Waals surface area contributed by atoms with Crippen molar-refractivity contribution in [3.63, 3.8) is 0 Å². The maximum atomic E-state index is 13.0. The highest BCUT2D eigenvalue weighted by Crippen LogP contribution is 2.32. The molecule has 3 heteroatoms. The van der Waals surface area contributed by atoms with E-state index in [0.29, 0.717) is 5.75 Å². The van der Waals surface area contributed by atoms with Crippen LogP contribution >= 0.6 is 0 Å². The van der Waals surface area contributed by atoms with Gasteiger partial charge in [0.2, 0.25) is 0 Å². The number of carbonyl (C=O) groups excluding carboxylic acids is 1. The first-order valence-electron chi connectivity index (χ1n) is 8.73. The molecule has 0 aromatic heterocycles. The van der Waals surface area contributed by atoms with E-state index in [9.17, 15) is 9.18 Å². The van der Waals surface area contributed by atoms with E-state index in [4.69, 9.17) is 4.74 Å². The van der Waals surface area contributed by atoms with Gasteiger partial charge < -0.3 is 4.74 Å². The Morgan fingerprint density at radius 3 is 2.04 bits per heavy atom. The summed E-state index contributed by atoms with van der Waals surface area (Å²) in [5.74, 6) is 1.01. The van der Waals surface area contributed by atoms with Gasteiger partial charge in [-0.15, -0.1) is 0 Å². The van der Waals surface area contributed by atoms with Gasteiger partial charge in [-0.25, -0.2) is 4.39 Å². The van der Waals surface area contributed by atoms with Crippen molar-refractivity contribution in [1.29, 1.82) is 0 Å². The molecule has 2 nitrogen and oxygen atoms in total. The second-order valence-electron chi connectivity index (χ2n) is 6.58. The molecule has 0 heterocycles. The smallest absolute Gasteiger partial charge is 0.314 e. The molecule has 1 fully saturated rings. The zero-order valence-corrected chi connectivity index (χ0v) is 14.0. The number of esters is 1. The van der Waals surface area contributed by atoms with Crippen molar-refractivity contribution in [2.45, 2.75) is 39.0 Å². The van der Waals surface area contributed by atoms with Crippen LogP contribution in [0.4, 0.5) is 4.39 Å². The van der Waals surface area contributed by atoms with E-state index in [1.54, 1.807) is 24.3 Å². The maximum absolute atomic E-state index is 13.0. The fourth-order valence-corrected chi connectivity index (χ4v) is 3.36. The Morgan fingerprint density at radius 2 is 1.50 bits per heavy atom. The minimum atomic E-state index is -0.248. The van der Waals surface area contributed by atoms with E-state index < -0.39 is 0 Å². The predicted molar refractivity (Wildman–Crippen MR) is 93.2 cm³/mol. The molecule has 0 N–H and O–H groups in total. The van der Waals surface area contributed by atoms with E-state index in [1.807, 2.05) is 12.1 Å². The topological polar surface area (TPSA) is 26.3 Å². The lowest BCUT2D eigenvalue weighted by Crippen LogP contribution is -2.25. The molecule has 0 spiro atoms. The highest BCUT2D eigenvalue weighted by atomic mass is 19.1. The summed E-state index contributed by atoms with van der Waals surface area (Å²) < 4.78 is 18.5. The van der Waals surface area contributed by atoms with Crippen molar-refractivity contribution < 1.29 is 13.9 Å². The van der Waals surface area contributed by atoms with Gasteiger partial charge in [0.1, 0.15) is 11.6 Å². The van der Waals surface area contributed by atoms with Crippen LogP contribution in [-0.2, 0) is 4.79 Å². The lowest BCUT2D eigenvalue weighted by Gasteiger charge is -2.26. The normalized spacial score (nSPS) is 20.6. The number of hydrogen-bond donors (Lipinski definition) is 0. The lowest BCUT2D eigenvalue weighted by atomic mass is 9.81. The van der Waals surface area contributed by atoms with E-state index in [-0.39, 0.29) is 17.7 Å². The van der Waals surface area contributed by atoms with E-state index in [1.165, 1.54) is 18.6 Å². The van der Waals surface area contributed by atoms with Gasteiger partial charge in [-0.05, 0) is 67.0 Å². The average molecular weight is 326 g/mol. The molecule has 0 amide bonds. The van der Waals surface area contributed by atoms with E-state index in [0.717, 1.165) is 42.7 Å². The molecule has 1 saturated carbocycles. The number of ether oxygens (including phenoxy) is 1. The van der Waals surface area contributed by atoms with Crippen molar-refractivity contribution in [1.82, 2.24) is 0 Å². The molecule has 3 rings (SSSR count). The van der Waals surface area contributed by atoms with Crippen molar-refractivity contribution in [3.8, 4) is 16.9 Å². The van der Waals surface area contributed by atoms with Crippen LogP contribution in [0.25, 0.3) is 11.1 Å². The van der Waals surface area contributed by atoms with E-state index >= 15 is 0 Å². The molecule has 0 atom stereocenters. The van der Waals surface area contributed by atoms with Gasteiger partial charge in [0, 0.05) is 0 Å². The van der Waals surface area contributed by atoms with Crippen LogP contribution in [0.1, 0.15) is 39.0 Å². The van der Waals surface area contributed by atoms with Gasteiger partial charge in [0.25, 0.3) is 0 Å². The van der Waals surface area contributed by atoms with Crippen LogP contribution in [0.3, 0.4) is 0 Å². The standard InChI is InChI=1S/C21H23FO2/c1-2-15-3-5-18(6-4-15)21(23)24-20-13-9-17(10-14-20)16-7-11-19(22)12-8-16/h7-15,18H,2-6H2,1H3. The van der Waals surface area contributed by atoms with Crippen LogP contribution in [0.15, 0.2) is 48.5 Å². The molecule has 24 heavy (non-hydrogen) atoms. The fourth-order valence-electron chi connectivity index (χ4n) is 3.36. The third-order valence-electron chi connectivity index (χ3n) is 5.01. The van der Waals surface area contributed by atoms with Gasteiger partial charge in [0.05, 0.1) is 5.92 Å². The average Bonchev–Trinajstić information content (AvgIpc) is 2.63.